The van der Waals surface area contributed by atoms with Gasteiger partial charge in [0.05, 0.1) is 29.7 Å². The standard InChI is InChI=1S/C26H23F2N5O2/c1-35-18-4-7-24-19(13-18)25(8-9-30-24)33-14-16-12-17(3-6-23(16)32-33)31-26(34)22(29)11-15-2-5-20(27)21(28)10-15/h2,4-5,7-11,13-14,17H,3,6,12,29H2,1H3,(H,31,34)/b22-11-. The average Bonchev–Trinajstić information content (AvgIpc) is 3.28. The molecule has 178 valence electrons. The topological polar surface area (TPSA) is 95.1 Å². The monoisotopic (exact) mass is 475 g/mol. The van der Waals surface area contributed by atoms with E-state index < -0.39 is 17.5 Å². The van der Waals surface area contributed by atoms with Crippen LogP contribution in [0.15, 0.2) is 60.6 Å². The van der Waals surface area contributed by atoms with E-state index in [0.717, 1.165) is 45.7 Å². The first-order chi connectivity index (χ1) is 16.9. The molecule has 2 aromatic carbocycles. The smallest absolute Gasteiger partial charge is 0.267 e. The van der Waals surface area contributed by atoms with E-state index >= 15 is 0 Å². The Hall–Kier alpha value is -4.27. The molecule has 1 aliphatic rings. The largest absolute Gasteiger partial charge is 0.497 e. The van der Waals surface area contributed by atoms with Crippen molar-refractivity contribution in [3.05, 3.63) is 89.0 Å². The summed E-state index contributed by atoms with van der Waals surface area (Å²) in [4.78, 5) is 17.0. The molecule has 7 nitrogen and oxygen atoms in total. The van der Waals surface area contributed by atoms with E-state index in [4.69, 9.17) is 15.6 Å². The summed E-state index contributed by atoms with van der Waals surface area (Å²) < 4.78 is 33.8. The first-order valence-corrected chi connectivity index (χ1v) is 11.1. The molecule has 5 rings (SSSR count). The van der Waals surface area contributed by atoms with Crippen LogP contribution in [-0.2, 0) is 17.6 Å². The van der Waals surface area contributed by atoms with E-state index in [1.165, 1.54) is 12.1 Å². The van der Waals surface area contributed by atoms with Crippen molar-refractivity contribution in [2.24, 2.45) is 5.73 Å². The molecule has 1 aliphatic carbocycles. The molecule has 0 saturated heterocycles. The van der Waals surface area contributed by atoms with Gasteiger partial charge in [-0.2, -0.15) is 5.10 Å². The first-order valence-electron chi connectivity index (χ1n) is 11.1. The highest BCUT2D eigenvalue weighted by Gasteiger charge is 2.24. The molecule has 0 spiro atoms. The van der Waals surface area contributed by atoms with Crippen LogP contribution in [0.5, 0.6) is 5.75 Å². The van der Waals surface area contributed by atoms with Gasteiger partial charge >= 0.3 is 0 Å². The molecular formula is C26H23F2N5O2. The Morgan fingerprint density at radius 3 is 2.86 bits per heavy atom. The third-order valence-corrected chi connectivity index (χ3v) is 6.11. The fraction of sp³-hybridized carbons (Fsp3) is 0.192. The van der Waals surface area contributed by atoms with Crippen molar-refractivity contribution < 1.29 is 18.3 Å². The molecule has 0 bridgehead atoms. The van der Waals surface area contributed by atoms with Gasteiger partial charge in [-0.1, -0.05) is 6.07 Å². The van der Waals surface area contributed by atoms with Gasteiger partial charge in [0, 0.05) is 23.8 Å². The predicted octanol–water partition coefficient (Wildman–Crippen LogP) is 3.68. The Morgan fingerprint density at radius 1 is 1.20 bits per heavy atom. The number of amides is 1. The molecule has 4 aromatic rings. The second kappa shape index (κ2) is 9.17. The number of carbonyl (C=O) groups is 1. The van der Waals surface area contributed by atoms with Crippen LogP contribution >= 0.6 is 0 Å². The lowest BCUT2D eigenvalue weighted by Gasteiger charge is -2.22. The van der Waals surface area contributed by atoms with E-state index in [1.54, 1.807) is 13.3 Å². The van der Waals surface area contributed by atoms with Crippen LogP contribution < -0.4 is 15.8 Å². The minimum absolute atomic E-state index is 0.0743. The maximum absolute atomic E-state index is 13.4. The second-order valence-electron chi connectivity index (χ2n) is 8.45. The van der Waals surface area contributed by atoms with E-state index in [-0.39, 0.29) is 11.7 Å². The fourth-order valence-corrected chi connectivity index (χ4v) is 4.30. The highest BCUT2D eigenvalue weighted by Crippen LogP contribution is 2.27. The maximum atomic E-state index is 13.4. The van der Waals surface area contributed by atoms with Gasteiger partial charge in [0.2, 0.25) is 0 Å². The normalized spacial score (nSPS) is 15.6. The van der Waals surface area contributed by atoms with E-state index in [1.807, 2.05) is 35.1 Å². The molecule has 35 heavy (non-hydrogen) atoms. The molecule has 0 radical (unpaired) electrons. The number of pyridine rings is 1. The number of ether oxygens (including phenoxy) is 1. The van der Waals surface area contributed by atoms with Gasteiger partial charge in [-0.15, -0.1) is 0 Å². The highest BCUT2D eigenvalue weighted by molar-refractivity contribution is 5.97. The van der Waals surface area contributed by atoms with Gasteiger partial charge in [-0.25, -0.2) is 13.5 Å². The summed E-state index contributed by atoms with van der Waals surface area (Å²) in [6, 6.07) is 10.8. The molecule has 9 heteroatoms. The van der Waals surface area contributed by atoms with Crippen LogP contribution in [0.25, 0.3) is 22.7 Å². The fourth-order valence-electron chi connectivity index (χ4n) is 4.30. The van der Waals surface area contributed by atoms with Crippen LogP contribution in [0.2, 0.25) is 0 Å². The molecule has 3 N–H and O–H groups in total. The summed E-state index contributed by atoms with van der Waals surface area (Å²) in [6.07, 6.45) is 7.06. The molecule has 0 saturated carbocycles. The number of carbonyl (C=O) groups excluding carboxylic acids is 1. The summed E-state index contributed by atoms with van der Waals surface area (Å²) in [7, 11) is 1.62. The minimum Gasteiger partial charge on any atom is -0.497 e. The SMILES string of the molecule is COc1ccc2nccc(-n3cc4c(n3)CCC(NC(=O)/C(N)=C/c3ccc(F)c(F)c3)C4)c2c1. The number of nitrogens with one attached hydrogen (secondary N) is 1. The van der Waals surface area contributed by atoms with Crippen LogP contribution in [-0.4, -0.2) is 33.8 Å². The molecule has 2 aromatic heterocycles. The third kappa shape index (κ3) is 4.57. The van der Waals surface area contributed by atoms with Crippen LogP contribution in [0.4, 0.5) is 8.78 Å². The Balaban J connectivity index is 1.33. The molecular weight excluding hydrogens is 452 g/mol. The van der Waals surface area contributed by atoms with Gasteiger partial charge in [-0.05, 0) is 72.9 Å². The third-order valence-electron chi connectivity index (χ3n) is 6.11. The number of aromatic nitrogens is 3. The van der Waals surface area contributed by atoms with Crippen molar-refractivity contribution in [3.8, 4) is 11.4 Å². The summed E-state index contributed by atoms with van der Waals surface area (Å²) in [6.45, 7) is 0. The van der Waals surface area contributed by atoms with Crippen LogP contribution in [0.1, 0.15) is 23.2 Å². The van der Waals surface area contributed by atoms with Crippen molar-refractivity contribution in [1.82, 2.24) is 20.1 Å². The molecule has 1 atom stereocenters. The van der Waals surface area contributed by atoms with Crippen molar-refractivity contribution in [3.63, 3.8) is 0 Å². The molecule has 2 heterocycles. The maximum Gasteiger partial charge on any atom is 0.267 e. The van der Waals surface area contributed by atoms with Crippen LogP contribution in [0, 0.1) is 11.6 Å². The van der Waals surface area contributed by atoms with Crippen molar-refractivity contribution in [1.29, 1.82) is 0 Å². The number of nitrogens with two attached hydrogens (primary N) is 1. The Labute approximate surface area is 200 Å². The quantitative estimate of drug-likeness (QED) is 0.430. The van der Waals surface area contributed by atoms with Gasteiger partial charge in [0.1, 0.15) is 5.75 Å². The number of halogens is 2. The molecule has 1 unspecified atom stereocenters. The number of hydrogen-bond acceptors (Lipinski definition) is 5. The summed E-state index contributed by atoms with van der Waals surface area (Å²) in [5.74, 6) is -1.67. The average molecular weight is 475 g/mol. The number of hydrogen-bond donors (Lipinski definition) is 2. The second-order valence-corrected chi connectivity index (χ2v) is 8.45. The van der Waals surface area contributed by atoms with E-state index in [0.29, 0.717) is 24.8 Å². The number of rotatable bonds is 5. The van der Waals surface area contributed by atoms with E-state index in [9.17, 15) is 13.6 Å². The Kier molecular flexibility index (Phi) is 5.90. The van der Waals surface area contributed by atoms with Crippen molar-refractivity contribution >= 4 is 22.9 Å². The summed E-state index contributed by atoms with van der Waals surface area (Å²) >= 11 is 0. The van der Waals surface area contributed by atoms with Gasteiger partial charge in [-0.3, -0.25) is 9.78 Å². The zero-order chi connectivity index (χ0) is 24.5. The molecule has 0 aliphatic heterocycles. The van der Waals surface area contributed by atoms with Gasteiger partial charge in [0.15, 0.2) is 11.6 Å². The van der Waals surface area contributed by atoms with Gasteiger partial charge in [0.25, 0.3) is 5.91 Å². The highest BCUT2D eigenvalue weighted by atomic mass is 19.2. The number of benzene rings is 2. The lowest BCUT2D eigenvalue weighted by atomic mass is 9.93. The number of aryl methyl sites for hydroxylation is 1. The minimum atomic E-state index is -0.996. The first kappa shape index (κ1) is 22.5. The van der Waals surface area contributed by atoms with Gasteiger partial charge < -0.3 is 15.8 Å². The summed E-state index contributed by atoms with van der Waals surface area (Å²) in [5.41, 5.74) is 9.89. The molecule has 0 fully saturated rings. The molecule has 1 amide bonds. The predicted molar refractivity (Wildman–Crippen MR) is 128 cm³/mol. The Morgan fingerprint density at radius 2 is 2.06 bits per heavy atom. The lowest BCUT2D eigenvalue weighted by molar-refractivity contribution is -0.118. The zero-order valence-corrected chi connectivity index (χ0v) is 19.0. The number of fused-ring (bicyclic) bond motifs is 2. The Bertz CT molecular complexity index is 1460. The van der Waals surface area contributed by atoms with E-state index in [2.05, 4.69) is 10.3 Å². The van der Waals surface area contributed by atoms with Crippen LogP contribution in [0.3, 0.4) is 0 Å². The lowest BCUT2D eigenvalue weighted by Crippen LogP contribution is -2.40. The summed E-state index contributed by atoms with van der Waals surface area (Å²) in [5, 5.41) is 8.64. The van der Waals surface area contributed by atoms with Crippen molar-refractivity contribution in [2.75, 3.05) is 7.11 Å². The number of nitrogens with zero attached hydrogens (tertiary/aromatic N) is 3. The van der Waals surface area contributed by atoms with Crippen molar-refractivity contribution in [2.45, 2.75) is 25.3 Å². The zero-order valence-electron chi connectivity index (χ0n) is 19.0. The number of methoxy groups -OCH3 is 1.